The molecule has 0 saturated carbocycles. The largest absolute Gasteiger partial charge is 0.456 e. The number of furan rings is 3. The fourth-order valence-corrected chi connectivity index (χ4v) is 21.8. The third-order valence-electron chi connectivity index (χ3n) is 27.6. The molecule has 25 aromatic carbocycles. The van der Waals surface area contributed by atoms with Crippen molar-refractivity contribution in [2.75, 3.05) is 0 Å². The quantitative estimate of drug-likeness (QED) is 0.135. The molecule has 0 spiro atoms. The van der Waals surface area contributed by atoms with E-state index in [0.29, 0.717) is 0 Å². The summed E-state index contributed by atoms with van der Waals surface area (Å²) in [5, 5.41) is 31.8. The Balaban J connectivity index is 0.000000104. The minimum atomic E-state index is 0.900. The first-order valence-corrected chi connectivity index (χ1v) is 45.7. The van der Waals surface area contributed by atoms with Crippen LogP contribution in [0.5, 0.6) is 0 Å². The molecular formula is C130H80O3. The SMILES string of the molecule is c1ccc(-c2cc(-c3c4ccccc4c(-c4cccc5ccccc45)c4ccccc34)cc3c2oc2ccccc23)cc1.c1ccc(-c2cc3oc4ccccc4c3cc2-c2c3ccccc3c(-c3cccc4ccccc34)c3ccccc23)cc1.c1ccc2c(-c3c4ccccc4c(-c4ccc5oc6c(-c7cccc8ccccc78)cccc6c5c4)c4ccccc34)cccc2c1. The third-order valence-corrected chi connectivity index (χ3v) is 27.6. The summed E-state index contributed by atoms with van der Waals surface area (Å²) in [4.78, 5) is 0. The molecule has 0 saturated heterocycles. The summed E-state index contributed by atoms with van der Waals surface area (Å²) in [6.07, 6.45) is 0. The van der Waals surface area contributed by atoms with Crippen LogP contribution in [-0.2, 0) is 0 Å². The van der Waals surface area contributed by atoms with Crippen molar-refractivity contribution in [2.45, 2.75) is 0 Å². The summed E-state index contributed by atoms with van der Waals surface area (Å²) in [5.74, 6) is 0. The molecule has 0 unspecified atom stereocenters. The predicted molar refractivity (Wildman–Crippen MR) is 565 cm³/mol. The second-order valence-corrected chi connectivity index (χ2v) is 34.8. The maximum Gasteiger partial charge on any atom is 0.143 e. The highest BCUT2D eigenvalue weighted by Crippen LogP contribution is 2.54. The minimum Gasteiger partial charge on any atom is -0.456 e. The summed E-state index contributed by atoms with van der Waals surface area (Å²) in [5.41, 5.74) is 27.4. The Morgan fingerprint density at radius 3 is 0.820 bits per heavy atom. The second-order valence-electron chi connectivity index (χ2n) is 34.8. The summed E-state index contributed by atoms with van der Waals surface area (Å²) in [7, 11) is 0. The van der Waals surface area contributed by atoms with Crippen molar-refractivity contribution in [1.29, 1.82) is 0 Å². The molecule has 0 bridgehead atoms. The molecule has 3 heteroatoms. The fourth-order valence-electron chi connectivity index (χ4n) is 21.8. The highest BCUT2D eigenvalue weighted by Gasteiger charge is 2.27. The van der Waals surface area contributed by atoms with Crippen LogP contribution in [0.25, 0.3) is 274 Å². The van der Waals surface area contributed by atoms with Gasteiger partial charge in [-0.3, -0.25) is 0 Å². The molecular weight excluding hydrogens is 1610 g/mol. The Morgan fingerprint density at radius 2 is 0.383 bits per heavy atom. The normalized spacial score (nSPS) is 11.8. The Hall–Kier alpha value is -17.5. The molecule has 0 aliphatic rings. The third kappa shape index (κ3) is 12.7. The summed E-state index contributed by atoms with van der Waals surface area (Å²) >= 11 is 0. The van der Waals surface area contributed by atoms with Crippen molar-refractivity contribution < 1.29 is 13.3 Å². The zero-order valence-electron chi connectivity index (χ0n) is 72.4. The highest BCUT2D eigenvalue weighted by molar-refractivity contribution is 6.29. The van der Waals surface area contributed by atoms with Crippen LogP contribution in [-0.4, -0.2) is 0 Å². The van der Waals surface area contributed by atoms with Gasteiger partial charge in [-0.1, -0.05) is 437 Å². The molecule has 0 N–H and O–H groups in total. The fraction of sp³-hybridized carbons (Fsp3) is 0. The molecule has 0 aliphatic carbocycles. The van der Waals surface area contributed by atoms with E-state index in [1.165, 1.54) is 191 Å². The number of hydrogen-bond acceptors (Lipinski definition) is 3. The topological polar surface area (TPSA) is 39.4 Å². The lowest BCUT2D eigenvalue weighted by molar-refractivity contribution is 0.669. The molecule has 618 valence electrons. The van der Waals surface area contributed by atoms with Crippen molar-refractivity contribution in [2.24, 2.45) is 0 Å². The molecule has 0 atom stereocenters. The number of fused-ring (bicyclic) bond motifs is 19. The van der Waals surface area contributed by atoms with Crippen LogP contribution in [0.4, 0.5) is 0 Å². The first-order valence-electron chi connectivity index (χ1n) is 45.7. The summed E-state index contributed by atoms with van der Waals surface area (Å²) in [6.45, 7) is 0. The number of hydrogen-bond donors (Lipinski definition) is 0. The van der Waals surface area contributed by atoms with Crippen LogP contribution in [0.3, 0.4) is 0 Å². The van der Waals surface area contributed by atoms with Crippen molar-refractivity contribution in [1.82, 2.24) is 0 Å². The standard InChI is InChI=1S/C46H28O.2C42H26O/c1-3-16-32-29(12-1)14-9-22-34(32)40-24-11-25-41-42-28-31(26-27-43(42)47-46(40)41)44-36-18-5-7-20-38(36)45(39-21-8-6-19-37(39)44)35-23-10-15-30-13-2-4-17-33(30)35;1-2-13-28(14-3-1)37-25-29(26-38-31-18-10-11-24-39(31)43-42(37)38)40-33-19-6-8-21-35(33)41(36-22-9-7-20-34(36)40)32-23-12-16-27-15-4-5-17-30(27)32;1-2-13-28(14-3-1)36-26-40-37(30-18-10-11-24-39(30)43-40)25-38(36)42-34-21-8-6-19-32(34)41(33-20-7-9-22-35(33)42)31-23-12-16-27-15-4-5-17-29(27)31/h1-28H;2*1-26H. The molecule has 0 amide bonds. The van der Waals surface area contributed by atoms with Gasteiger partial charge in [-0.25, -0.2) is 0 Å². The van der Waals surface area contributed by atoms with Crippen LogP contribution in [0.2, 0.25) is 0 Å². The van der Waals surface area contributed by atoms with Crippen molar-refractivity contribution in [3.8, 4) is 100 Å². The monoisotopic (exact) mass is 1690 g/mol. The maximum atomic E-state index is 6.67. The average molecular weight is 1690 g/mol. The van der Waals surface area contributed by atoms with Gasteiger partial charge in [0.05, 0.1) is 0 Å². The molecule has 28 aromatic rings. The molecule has 28 rings (SSSR count). The van der Waals surface area contributed by atoms with Crippen LogP contribution < -0.4 is 0 Å². The smallest absolute Gasteiger partial charge is 0.143 e. The molecule has 3 aromatic heterocycles. The average Bonchev–Trinajstić information content (AvgIpc) is 1.70. The van der Waals surface area contributed by atoms with E-state index in [4.69, 9.17) is 13.3 Å². The highest BCUT2D eigenvalue weighted by atomic mass is 16.3. The van der Waals surface area contributed by atoms with Gasteiger partial charge in [0, 0.05) is 43.4 Å². The minimum absolute atomic E-state index is 0.900. The lowest BCUT2D eigenvalue weighted by Crippen LogP contribution is -1.93. The zero-order valence-corrected chi connectivity index (χ0v) is 72.4. The molecule has 133 heavy (non-hydrogen) atoms. The predicted octanol–water partition coefficient (Wildman–Crippen LogP) is 37.3. The number of benzene rings is 25. The van der Waals surface area contributed by atoms with E-state index < -0.39 is 0 Å². The van der Waals surface area contributed by atoms with Gasteiger partial charge < -0.3 is 13.3 Å². The van der Waals surface area contributed by atoms with Crippen LogP contribution >= 0.6 is 0 Å². The zero-order chi connectivity index (χ0) is 87.6. The second kappa shape index (κ2) is 31.8. The molecule has 3 heterocycles. The molecule has 0 radical (unpaired) electrons. The van der Waals surface area contributed by atoms with Gasteiger partial charge in [0.15, 0.2) is 0 Å². The van der Waals surface area contributed by atoms with Gasteiger partial charge in [-0.2, -0.15) is 0 Å². The van der Waals surface area contributed by atoms with E-state index in [2.05, 4.69) is 473 Å². The number of rotatable bonds is 9. The van der Waals surface area contributed by atoms with E-state index >= 15 is 0 Å². The summed E-state index contributed by atoms with van der Waals surface area (Å²) in [6, 6.07) is 175. The van der Waals surface area contributed by atoms with E-state index in [1.54, 1.807) is 0 Å². The molecule has 0 aliphatic heterocycles. The van der Waals surface area contributed by atoms with Crippen molar-refractivity contribution in [3.05, 3.63) is 485 Å². The first kappa shape index (κ1) is 76.7. The lowest BCUT2D eigenvalue weighted by atomic mass is 9.82. The maximum absolute atomic E-state index is 6.67. The van der Waals surface area contributed by atoms with Crippen LogP contribution in [0, 0.1) is 0 Å². The Kier molecular flexibility index (Phi) is 18.3. The Bertz CT molecular complexity index is 9410. The van der Waals surface area contributed by atoms with Crippen molar-refractivity contribution >= 4 is 174 Å². The van der Waals surface area contributed by atoms with E-state index in [0.717, 1.165) is 82.5 Å². The van der Waals surface area contributed by atoms with Crippen LogP contribution in [0.1, 0.15) is 0 Å². The van der Waals surface area contributed by atoms with Gasteiger partial charge in [0.25, 0.3) is 0 Å². The lowest BCUT2D eigenvalue weighted by Gasteiger charge is -2.20. The van der Waals surface area contributed by atoms with Gasteiger partial charge in [0.2, 0.25) is 0 Å². The Morgan fingerprint density at radius 1 is 0.105 bits per heavy atom. The van der Waals surface area contributed by atoms with Gasteiger partial charge in [0.1, 0.15) is 33.5 Å². The van der Waals surface area contributed by atoms with E-state index in [1.807, 2.05) is 12.1 Å². The van der Waals surface area contributed by atoms with Gasteiger partial charge >= 0.3 is 0 Å². The molecule has 3 nitrogen and oxygen atoms in total. The van der Waals surface area contributed by atoms with Gasteiger partial charge in [-0.15, -0.1) is 0 Å². The first-order chi connectivity index (χ1) is 66.0. The van der Waals surface area contributed by atoms with Gasteiger partial charge in [-0.05, 0) is 245 Å². The summed E-state index contributed by atoms with van der Waals surface area (Å²) < 4.78 is 19.6. The number of para-hydroxylation sites is 3. The van der Waals surface area contributed by atoms with Crippen LogP contribution in [0.15, 0.2) is 499 Å². The molecule has 0 fully saturated rings. The van der Waals surface area contributed by atoms with Crippen molar-refractivity contribution in [3.63, 3.8) is 0 Å². The van der Waals surface area contributed by atoms with E-state index in [9.17, 15) is 0 Å². The Labute approximate surface area is 766 Å². The van der Waals surface area contributed by atoms with E-state index in [-0.39, 0.29) is 0 Å².